The van der Waals surface area contributed by atoms with Gasteiger partial charge >= 0.3 is 0 Å². The molecule has 0 aliphatic heterocycles. The topological polar surface area (TPSA) is 34.0 Å². The van der Waals surface area contributed by atoms with Crippen molar-refractivity contribution in [3.63, 3.8) is 0 Å². The van der Waals surface area contributed by atoms with Gasteiger partial charge in [0.1, 0.15) is 0 Å². The second-order valence-corrected chi connectivity index (χ2v) is 22.1. The molecule has 2 aliphatic rings. The van der Waals surface area contributed by atoms with Gasteiger partial charge in [-0.1, -0.05) is 210 Å². The lowest BCUT2D eigenvalue weighted by Crippen LogP contribution is -2.15. The highest BCUT2D eigenvalue weighted by Crippen LogP contribution is 2.52. The van der Waals surface area contributed by atoms with Crippen LogP contribution in [0.3, 0.4) is 0 Å². The number of para-hydroxylation sites is 3. The first-order valence-electron chi connectivity index (χ1n) is 27.1. The maximum absolute atomic E-state index is 5.89. The van der Waals surface area contributed by atoms with E-state index in [1.54, 1.807) is 0 Å². The van der Waals surface area contributed by atoms with Crippen molar-refractivity contribution in [1.29, 1.82) is 0 Å². The highest BCUT2D eigenvalue weighted by atomic mass is 15.1. The molecule has 0 bridgehead atoms. The van der Waals surface area contributed by atoms with E-state index in [0.29, 0.717) is 0 Å². The highest BCUT2D eigenvalue weighted by Gasteiger charge is 2.37. The van der Waals surface area contributed by atoms with Crippen LogP contribution >= 0.6 is 0 Å². The first kappa shape index (κ1) is 45.7. The summed E-state index contributed by atoms with van der Waals surface area (Å²) >= 11 is 0. The van der Waals surface area contributed by atoms with Gasteiger partial charge < -0.3 is 9.47 Å². The van der Waals surface area contributed by atoms with Crippen LogP contribution in [0.5, 0.6) is 0 Å². The van der Waals surface area contributed by atoms with Crippen LogP contribution in [0, 0.1) is 0 Å². The molecule has 15 rings (SSSR count). The molecule has 2 heterocycles. The Hall–Kier alpha value is -9.64. The van der Waals surface area contributed by atoms with Crippen LogP contribution in [-0.4, -0.2) is 14.5 Å². The van der Waals surface area contributed by atoms with E-state index in [9.17, 15) is 0 Å². The molecule has 0 fully saturated rings. The van der Waals surface area contributed by atoms with Gasteiger partial charge in [-0.05, 0) is 128 Å². The minimum atomic E-state index is -0.161. The van der Waals surface area contributed by atoms with Gasteiger partial charge in [0, 0.05) is 66.6 Å². The molecule has 13 aromatic rings. The van der Waals surface area contributed by atoms with Crippen LogP contribution in [0.25, 0.3) is 106 Å². The predicted molar refractivity (Wildman–Crippen MR) is 325 cm³/mol. The van der Waals surface area contributed by atoms with Crippen LogP contribution in [-0.2, 0) is 10.8 Å². The molecule has 2 aliphatic carbocycles. The minimum absolute atomic E-state index is 0.154. The van der Waals surface area contributed by atoms with E-state index in [1.807, 2.05) is 0 Å². The molecule has 0 saturated heterocycles. The standard InChI is InChI=1S/C74H54N4/c1-73(2)63-29-17-14-26-57(63)59-39-34-49(44-65(59)73)55-41-42-56(50-35-40-60-58-27-15-18-30-64(58)74(3,4)66(60)45-50)72-71(55)75-69(47-20-8-5-9-21-47)70(76-72)48-32-36-53(37-33-48)77(51-22-10-6-11-23-51)54-38-43-68-62(46-54)61-28-16-19-31-67(61)78(68)52-24-12-7-13-25-52/h5-46H,1-4H3. The Morgan fingerprint density at radius 3 is 1.32 bits per heavy atom. The van der Waals surface area contributed by atoms with Gasteiger partial charge in [-0.2, -0.15) is 0 Å². The number of aromatic nitrogens is 3. The van der Waals surface area contributed by atoms with Crippen molar-refractivity contribution in [3.05, 3.63) is 277 Å². The van der Waals surface area contributed by atoms with E-state index >= 15 is 0 Å². The van der Waals surface area contributed by atoms with Crippen LogP contribution < -0.4 is 4.90 Å². The maximum Gasteiger partial charge on any atom is 0.0979 e. The van der Waals surface area contributed by atoms with Crippen molar-refractivity contribution in [3.8, 4) is 72.7 Å². The molecule has 0 radical (unpaired) electrons. The SMILES string of the molecule is CC1(C)c2ccccc2-c2ccc(-c3ccc(-c4ccc5c(c4)C(C)(C)c4ccccc4-5)c4nc(-c5ccc(N(c6ccccc6)c6ccc7c(c6)c6ccccc6n7-c6ccccc6)cc5)c(-c5ccccc5)nc34)cc21. The lowest BCUT2D eigenvalue weighted by molar-refractivity contribution is 0.660. The Labute approximate surface area is 455 Å². The van der Waals surface area contributed by atoms with Crippen LogP contribution in [0.4, 0.5) is 17.1 Å². The normalized spacial score (nSPS) is 13.6. The summed E-state index contributed by atoms with van der Waals surface area (Å²) in [6, 6.07) is 92.8. The van der Waals surface area contributed by atoms with E-state index in [2.05, 4.69) is 292 Å². The summed E-state index contributed by atoms with van der Waals surface area (Å²) in [4.78, 5) is 14.1. The average Bonchev–Trinajstić information content (AvgIpc) is 4.12. The molecule has 4 nitrogen and oxygen atoms in total. The molecule has 370 valence electrons. The molecule has 2 aromatic heterocycles. The zero-order valence-corrected chi connectivity index (χ0v) is 44.0. The summed E-state index contributed by atoms with van der Waals surface area (Å²) in [5.41, 5.74) is 26.8. The number of hydrogen-bond acceptors (Lipinski definition) is 3. The second kappa shape index (κ2) is 17.5. The second-order valence-electron chi connectivity index (χ2n) is 22.1. The Morgan fingerprint density at radius 2 is 0.731 bits per heavy atom. The van der Waals surface area contributed by atoms with Crippen molar-refractivity contribution in [1.82, 2.24) is 14.5 Å². The van der Waals surface area contributed by atoms with Gasteiger partial charge in [-0.25, -0.2) is 9.97 Å². The lowest BCUT2D eigenvalue weighted by atomic mass is 9.81. The first-order chi connectivity index (χ1) is 38.2. The van der Waals surface area contributed by atoms with Gasteiger partial charge in [-0.3, -0.25) is 0 Å². The summed E-state index contributed by atoms with van der Waals surface area (Å²) in [6.07, 6.45) is 0. The van der Waals surface area contributed by atoms with Crippen molar-refractivity contribution < 1.29 is 0 Å². The Bertz CT molecular complexity index is 4530. The Morgan fingerprint density at radius 1 is 0.308 bits per heavy atom. The fourth-order valence-electron chi connectivity index (χ4n) is 13.1. The third-order valence-electron chi connectivity index (χ3n) is 17.0. The van der Waals surface area contributed by atoms with Gasteiger partial charge in [0.2, 0.25) is 0 Å². The van der Waals surface area contributed by atoms with Gasteiger partial charge in [0.05, 0.1) is 33.5 Å². The fourth-order valence-corrected chi connectivity index (χ4v) is 13.1. The molecule has 0 spiro atoms. The minimum Gasteiger partial charge on any atom is -0.310 e. The van der Waals surface area contributed by atoms with Gasteiger partial charge in [0.25, 0.3) is 0 Å². The number of hydrogen-bond donors (Lipinski definition) is 0. The number of benzene rings is 11. The fraction of sp³-hybridized carbons (Fsp3) is 0.0811. The zero-order chi connectivity index (χ0) is 52.3. The molecular formula is C74H54N4. The molecule has 11 aromatic carbocycles. The van der Waals surface area contributed by atoms with Gasteiger partial charge in [0.15, 0.2) is 0 Å². The van der Waals surface area contributed by atoms with Crippen molar-refractivity contribution >= 4 is 49.9 Å². The van der Waals surface area contributed by atoms with Crippen molar-refractivity contribution in [2.75, 3.05) is 4.90 Å². The molecule has 0 N–H and O–H groups in total. The summed E-state index contributed by atoms with van der Waals surface area (Å²) in [5, 5.41) is 2.41. The molecule has 4 heteroatoms. The summed E-state index contributed by atoms with van der Waals surface area (Å²) in [7, 11) is 0. The monoisotopic (exact) mass is 998 g/mol. The third kappa shape index (κ3) is 6.99. The van der Waals surface area contributed by atoms with E-state index in [-0.39, 0.29) is 10.8 Å². The van der Waals surface area contributed by atoms with Gasteiger partial charge in [-0.15, -0.1) is 0 Å². The maximum atomic E-state index is 5.89. The summed E-state index contributed by atoms with van der Waals surface area (Å²) in [5.74, 6) is 0. The third-order valence-corrected chi connectivity index (χ3v) is 17.0. The van der Waals surface area contributed by atoms with Crippen LogP contribution in [0.1, 0.15) is 49.9 Å². The average molecular weight is 999 g/mol. The highest BCUT2D eigenvalue weighted by molar-refractivity contribution is 6.11. The molecular weight excluding hydrogens is 945 g/mol. The molecule has 0 atom stereocenters. The first-order valence-corrected chi connectivity index (χ1v) is 27.1. The van der Waals surface area contributed by atoms with Crippen LogP contribution in [0.2, 0.25) is 0 Å². The zero-order valence-electron chi connectivity index (χ0n) is 44.0. The summed E-state index contributed by atoms with van der Waals surface area (Å²) in [6.45, 7) is 9.41. The van der Waals surface area contributed by atoms with E-state index in [4.69, 9.17) is 9.97 Å². The number of rotatable bonds is 8. The molecule has 0 unspecified atom stereocenters. The number of nitrogens with zero attached hydrogens (tertiary/aromatic N) is 4. The van der Waals surface area contributed by atoms with E-state index in [1.165, 1.54) is 66.3 Å². The summed E-state index contributed by atoms with van der Waals surface area (Å²) < 4.78 is 2.37. The smallest absolute Gasteiger partial charge is 0.0979 e. The Kier molecular flexibility index (Phi) is 10.2. The molecule has 0 saturated carbocycles. The predicted octanol–water partition coefficient (Wildman–Crippen LogP) is 19.5. The molecule has 0 amide bonds. The van der Waals surface area contributed by atoms with Crippen LogP contribution in [0.15, 0.2) is 255 Å². The number of anilines is 3. The molecule has 78 heavy (non-hydrogen) atoms. The van der Waals surface area contributed by atoms with E-state index in [0.717, 1.165) is 78.6 Å². The quantitative estimate of drug-likeness (QED) is 0.152. The van der Waals surface area contributed by atoms with Crippen molar-refractivity contribution in [2.45, 2.75) is 38.5 Å². The number of fused-ring (bicyclic) bond motifs is 10. The lowest BCUT2D eigenvalue weighted by Gasteiger charge is -2.26. The Balaban J connectivity index is 0.918. The largest absolute Gasteiger partial charge is 0.310 e. The van der Waals surface area contributed by atoms with E-state index < -0.39 is 0 Å². The van der Waals surface area contributed by atoms with Crippen molar-refractivity contribution in [2.24, 2.45) is 0 Å².